The van der Waals surface area contributed by atoms with Crippen LogP contribution in [0.1, 0.15) is 39.0 Å². The number of nitrogens with zero attached hydrogens (tertiary/aromatic N) is 3. The molecule has 0 spiro atoms. The zero-order valence-corrected chi connectivity index (χ0v) is 15.9. The fourth-order valence-electron chi connectivity index (χ4n) is 2.73. The van der Waals surface area contributed by atoms with Crippen molar-refractivity contribution < 1.29 is 18.7 Å². The second kappa shape index (κ2) is 7.70. The van der Waals surface area contributed by atoms with Gasteiger partial charge in [-0.2, -0.15) is 0 Å². The second-order valence-electron chi connectivity index (χ2n) is 5.71. The number of thioether (sulfide) groups is 1. The Kier molecular flexibility index (Phi) is 5.36. The number of nitrogen functional groups attached to an aromatic ring is 1. The normalized spacial score (nSPS) is 10.9. The van der Waals surface area contributed by atoms with E-state index in [1.807, 2.05) is 0 Å². The molecule has 3 heterocycles. The molecule has 0 aromatic carbocycles. The van der Waals surface area contributed by atoms with Crippen molar-refractivity contribution in [1.29, 1.82) is 0 Å². The minimum absolute atomic E-state index is 0.0925. The first-order chi connectivity index (χ1) is 12.9. The fraction of sp³-hybridized carbons (Fsp3) is 0.294. The summed E-state index contributed by atoms with van der Waals surface area (Å²) in [7, 11) is 0. The first-order valence-electron chi connectivity index (χ1n) is 8.20. The molecule has 0 aliphatic rings. The van der Waals surface area contributed by atoms with E-state index in [1.54, 1.807) is 32.9 Å². The van der Waals surface area contributed by atoms with Crippen LogP contribution in [-0.2, 0) is 4.74 Å². The Labute approximate surface area is 159 Å². The topological polar surface area (TPSA) is 129 Å². The molecule has 0 aliphatic heterocycles. The van der Waals surface area contributed by atoms with Gasteiger partial charge in [0, 0.05) is 11.3 Å². The first kappa shape index (κ1) is 18.8. The molecule has 0 fully saturated rings. The van der Waals surface area contributed by atoms with Crippen molar-refractivity contribution in [3.8, 4) is 11.6 Å². The molecule has 10 heteroatoms. The van der Waals surface area contributed by atoms with Gasteiger partial charge in [-0.15, -0.1) is 10.2 Å². The Balaban J connectivity index is 1.75. The number of hydrogen-bond donors (Lipinski definition) is 2. The molecular weight excluding hydrogens is 370 g/mol. The highest BCUT2D eigenvalue weighted by atomic mass is 32.2. The third kappa shape index (κ3) is 3.61. The Bertz CT molecular complexity index is 974. The monoisotopic (exact) mass is 389 g/mol. The van der Waals surface area contributed by atoms with Crippen molar-refractivity contribution in [2.24, 2.45) is 0 Å². The van der Waals surface area contributed by atoms with Crippen LogP contribution in [-0.4, -0.2) is 44.0 Å². The molecule has 3 aromatic heterocycles. The van der Waals surface area contributed by atoms with Crippen LogP contribution >= 0.6 is 11.8 Å². The molecule has 0 saturated carbocycles. The standard InChI is InChI=1S/C17H19N5O4S/c1-4-25-16(24)14-9(2)13(10(3)19-14)11(23)8-27-17-21-20-15(22(17)18)12-6-5-7-26-12/h5-7,19H,4,8,18H2,1-3H3. The van der Waals surface area contributed by atoms with E-state index in [9.17, 15) is 9.59 Å². The van der Waals surface area contributed by atoms with Crippen molar-refractivity contribution in [1.82, 2.24) is 19.9 Å². The van der Waals surface area contributed by atoms with E-state index >= 15 is 0 Å². The molecule has 142 valence electrons. The Morgan fingerprint density at radius 3 is 2.81 bits per heavy atom. The number of H-pyrrole nitrogens is 1. The molecule has 0 atom stereocenters. The maximum absolute atomic E-state index is 12.7. The van der Waals surface area contributed by atoms with Gasteiger partial charge in [0.1, 0.15) is 5.69 Å². The van der Waals surface area contributed by atoms with Gasteiger partial charge in [-0.25, -0.2) is 9.47 Å². The fourth-order valence-corrected chi connectivity index (χ4v) is 3.46. The molecule has 0 saturated heterocycles. The summed E-state index contributed by atoms with van der Waals surface area (Å²) < 4.78 is 11.5. The Morgan fingerprint density at radius 1 is 1.37 bits per heavy atom. The van der Waals surface area contributed by atoms with Gasteiger partial charge in [-0.05, 0) is 38.5 Å². The molecule has 9 nitrogen and oxygen atoms in total. The van der Waals surface area contributed by atoms with Crippen LogP contribution in [0.2, 0.25) is 0 Å². The summed E-state index contributed by atoms with van der Waals surface area (Å²) in [5.74, 6) is 6.31. The number of carbonyl (C=O) groups is 2. The number of esters is 1. The number of Topliss-reactive ketones (excluding diaryl/α,β-unsaturated/α-hetero) is 1. The zero-order valence-electron chi connectivity index (χ0n) is 15.1. The number of aryl methyl sites for hydroxylation is 1. The van der Waals surface area contributed by atoms with Crippen molar-refractivity contribution in [2.75, 3.05) is 18.2 Å². The van der Waals surface area contributed by atoms with Crippen molar-refractivity contribution in [3.05, 3.63) is 40.9 Å². The number of rotatable bonds is 7. The van der Waals surface area contributed by atoms with Gasteiger partial charge in [-0.3, -0.25) is 4.79 Å². The number of hydrogen-bond acceptors (Lipinski definition) is 8. The Hall–Kier alpha value is -3.01. The van der Waals surface area contributed by atoms with Gasteiger partial charge in [-0.1, -0.05) is 11.8 Å². The maximum Gasteiger partial charge on any atom is 0.355 e. The number of nitrogens with one attached hydrogen (secondary N) is 1. The number of nitrogens with two attached hydrogens (primary N) is 1. The van der Waals surface area contributed by atoms with E-state index in [1.165, 1.54) is 10.9 Å². The summed E-state index contributed by atoms with van der Waals surface area (Å²) in [5, 5.41) is 8.36. The summed E-state index contributed by atoms with van der Waals surface area (Å²) in [4.78, 5) is 27.6. The average Bonchev–Trinajstić information content (AvgIpc) is 3.33. The van der Waals surface area contributed by atoms with E-state index in [0.29, 0.717) is 39.3 Å². The molecule has 3 aromatic rings. The maximum atomic E-state index is 12.7. The van der Waals surface area contributed by atoms with Crippen LogP contribution in [0.4, 0.5) is 0 Å². The summed E-state index contributed by atoms with van der Waals surface area (Å²) in [6.07, 6.45) is 1.51. The van der Waals surface area contributed by atoms with E-state index < -0.39 is 5.97 Å². The van der Waals surface area contributed by atoms with Crippen LogP contribution in [0.25, 0.3) is 11.6 Å². The second-order valence-corrected chi connectivity index (χ2v) is 6.65. The molecular formula is C17H19N5O4S. The third-order valence-corrected chi connectivity index (χ3v) is 4.88. The highest BCUT2D eigenvalue weighted by Crippen LogP contribution is 2.25. The van der Waals surface area contributed by atoms with E-state index in [2.05, 4.69) is 15.2 Å². The number of aromatic nitrogens is 4. The number of ketones is 1. The van der Waals surface area contributed by atoms with E-state index in [0.717, 1.165) is 11.8 Å². The van der Waals surface area contributed by atoms with Crippen molar-refractivity contribution in [3.63, 3.8) is 0 Å². The first-order valence-corrected chi connectivity index (χ1v) is 9.19. The van der Waals surface area contributed by atoms with Crippen LogP contribution in [0.5, 0.6) is 0 Å². The lowest BCUT2D eigenvalue weighted by molar-refractivity contribution is 0.0519. The third-order valence-electron chi connectivity index (χ3n) is 3.93. The van der Waals surface area contributed by atoms with E-state index in [-0.39, 0.29) is 18.1 Å². The molecule has 0 bridgehead atoms. The summed E-state index contributed by atoms with van der Waals surface area (Å²) >= 11 is 1.16. The highest BCUT2D eigenvalue weighted by Gasteiger charge is 2.23. The SMILES string of the molecule is CCOC(=O)c1[nH]c(C)c(C(=O)CSc2nnc(-c3ccco3)n2N)c1C. The van der Waals surface area contributed by atoms with Gasteiger partial charge in [0.15, 0.2) is 11.5 Å². The predicted octanol–water partition coefficient (Wildman–Crippen LogP) is 2.35. The lowest BCUT2D eigenvalue weighted by atomic mass is 10.1. The van der Waals surface area contributed by atoms with Gasteiger partial charge in [0.25, 0.3) is 0 Å². The van der Waals surface area contributed by atoms with Gasteiger partial charge >= 0.3 is 5.97 Å². The minimum Gasteiger partial charge on any atom is -0.461 e. The van der Waals surface area contributed by atoms with Crippen LogP contribution in [0, 0.1) is 13.8 Å². The number of carbonyl (C=O) groups excluding carboxylic acids is 2. The van der Waals surface area contributed by atoms with Gasteiger partial charge in [0.05, 0.1) is 18.6 Å². The average molecular weight is 389 g/mol. The molecule has 27 heavy (non-hydrogen) atoms. The van der Waals surface area contributed by atoms with Crippen molar-refractivity contribution >= 4 is 23.5 Å². The largest absolute Gasteiger partial charge is 0.461 e. The summed E-state index contributed by atoms with van der Waals surface area (Å²) in [6.45, 7) is 5.45. The lowest BCUT2D eigenvalue weighted by Crippen LogP contribution is -2.13. The van der Waals surface area contributed by atoms with Gasteiger partial charge < -0.3 is 20.0 Å². The number of ether oxygens (including phenoxy) is 1. The van der Waals surface area contributed by atoms with Crippen LogP contribution in [0.3, 0.4) is 0 Å². The number of furan rings is 1. The quantitative estimate of drug-likeness (QED) is 0.273. The lowest BCUT2D eigenvalue weighted by Gasteiger charge is -2.04. The molecule has 0 radical (unpaired) electrons. The molecule has 3 N–H and O–H groups in total. The van der Waals surface area contributed by atoms with Gasteiger partial charge in [0.2, 0.25) is 11.0 Å². The molecule has 0 aliphatic carbocycles. The van der Waals surface area contributed by atoms with Crippen LogP contribution < -0.4 is 5.84 Å². The highest BCUT2D eigenvalue weighted by molar-refractivity contribution is 7.99. The molecule has 3 rings (SSSR count). The predicted molar refractivity (Wildman–Crippen MR) is 99.2 cm³/mol. The Morgan fingerprint density at radius 2 is 2.15 bits per heavy atom. The molecule has 0 amide bonds. The summed E-state index contributed by atoms with van der Waals surface area (Å²) in [5.41, 5.74) is 1.96. The van der Waals surface area contributed by atoms with E-state index in [4.69, 9.17) is 15.0 Å². The smallest absolute Gasteiger partial charge is 0.355 e. The van der Waals surface area contributed by atoms with Crippen molar-refractivity contribution in [2.45, 2.75) is 25.9 Å². The molecule has 0 unspecified atom stereocenters. The summed E-state index contributed by atoms with van der Waals surface area (Å²) in [6, 6.07) is 3.44. The van der Waals surface area contributed by atoms with Crippen LogP contribution in [0.15, 0.2) is 28.0 Å². The zero-order chi connectivity index (χ0) is 19.6. The minimum atomic E-state index is -0.477. The number of aromatic amines is 1.